The SMILES string of the molecule is C=C/C=C\C=C/Cn1c(-c2ccc(-c3ccc4c(-c5ccc(/C(=C/C=C)S/C=C/C=C/c6ccccc6)cc5)c5cc(-c6ccc7c(c6)C6(c8ccccc8-c8ccccc86)c6ccccc6C76c7ccccc7-c7ccccc76)ccc5c(-c5ccc(/C(S)=C/C=C/C(S)=C/C=C/c6ccccc6)cc5)c4c3)cc2)nc2ccccc21. The maximum absolute atomic E-state index is 5.24. The van der Waals surface area contributed by atoms with Crippen LogP contribution in [0.5, 0.6) is 0 Å². The predicted octanol–water partition coefficient (Wildman–Crippen LogP) is 29.9. The fourth-order valence-corrected chi connectivity index (χ4v) is 19.5. The number of thioether (sulfide) groups is 1. The molecule has 5 heteroatoms. The molecule has 117 heavy (non-hydrogen) atoms. The van der Waals surface area contributed by atoms with Gasteiger partial charge in [-0.1, -0.05) is 401 Å². The van der Waals surface area contributed by atoms with Gasteiger partial charge in [0.05, 0.1) is 21.9 Å². The van der Waals surface area contributed by atoms with Gasteiger partial charge in [0.2, 0.25) is 0 Å². The predicted molar refractivity (Wildman–Crippen MR) is 508 cm³/mol. The Kier molecular flexibility index (Phi) is 20.2. The highest BCUT2D eigenvalue weighted by molar-refractivity contribution is 8.10. The molecule has 1 heterocycles. The van der Waals surface area contributed by atoms with Gasteiger partial charge in [0, 0.05) is 26.8 Å². The number of para-hydroxylation sites is 2. The number of imidazole rings is 1. The zero-order valence-corrected chi connectivity index (χ0v) is 67.0. The van der Waals surface area contributed by atoms with Gasteiger partial charge in [0.1, 0.15) is 5.82 Å². The van der Waals surface area contributed by atoms with E-state index in [9.17, 15) is 0 Å². The molecule has 0 bridgehead atoms. The van der Waals surface area contributed by atoms with E-state index in [1.165, 1.54) is 66.8 Å². The van der Waals surface area contributed by atoms with Crippen molar-refractivity contribution in [3.63, 3.8) is 0 Å². The molecule has 15 aromatic carbocycles. The molecular formula is C112H80N2S3. The lowest BCUT2D eigenvalue weighted by Gasteiger charge is -2.49. The molecule has 0 saturated carbocycles. The fourth-order valence-electron chi connectivity index (χ4n) is 18.3. The molecule has 1 aromatic heterocycles. The normalized spacial score (nSPS) is 13.9. The highest BCUT2D eigenvalue weighted by Gasteiger charge is 2.59. The third-order valence-electron chi connectivity index (χ3n) is 23.4. The Hall–Kier alpha value is -13.5. The maximum Gasteiger partial charge on any atom is 0.141 e. The minimum absolute atomic E-state index is 0.620. The summed E-state index contributed by atoms with van der Waals surface area (Å²) in [6, 6.07) is 124. The molecule has 2 nitrogen and oxygen atoms in total. The molecule has 0 saturated heterocycles. The van der Waals surface area contributed by atoms with Crippen molar-refractivity contribution in [2.24, 2.45) is 0 Å². The largest absolute Gasteiger partial charge is 0.320 e. The smallest absolute Gasteiger partial charge is 0.141 e. The second-order valence-corrected chi connectivity index (χ2v) is 31.8. The van der Waals surface area contributed by atoms with Gasteiger partial charge in [-0.3, -0.25) is 0 Å². The summed E-state index contributed by atoms with van der Waals surface area (Å²) in [6.45, 7) is 8.71. The van der Waals surface area contributed by atoms with Crippen LogP contribution in [0, 0.1) is 0 Å². The summed E-state index contributed by atoms with van der Waals surface area (Å²) in [6.07, 6.45) is 32.4. The third-order valence-corrected chi connectivity index (χ3v) is 25.0. The highest BCUT2D eigenvalue weighted by Crippen LogP contribution is 2.68. The quantitative estimate of drug-likeness (QED) is 0.0450. The molecule has 0 N–H and O–H groups in total. The van der Waals surface area contributed by atoms with Crippen molar-refractivity contribution < 1.29 is 0 Å². The molecular weight excluding hydrogens is 1470 g/mol. The molecule has 0 atom stereocenters. The van der Waals surface area contributed by atoms with E-state index in [-0.39, 0.29) is 0 Å². The first-order valence-corrected chi connectivity index (χ1v) is 41.5. The van der Waals surface area contributed by atoms with Crippen molar-refractivity contribution in [1.29, 1.82) is 0 Å². The van der Waals surface area contributed by atoms with Gasteiger partial charge in [-0.25, -0.2) is 4.98 Å². The number of hydrogen-bond acceptors (Lipinski definition) is 4. The van der Waals surface area contributed by atoms with Crippen LogP contribution in [0.4, 0.5) is 0 Å². The van der Waals surface area contributed by atoms with E-state index in [1.807, 2.05) is 72.9 Å². The van der Waals surface area contributed by atoms with Crippen molar-refractivity contribution in [2.75, 3.05) is 0 Å². The Labute approximate surface area is 700 Å². The van der Waals surface area contributed by atoms with E-state index in [1.54, 1.807) is 17.8 Å². The molecule has 19 rings (SSSR count). The van der Waals surface area contributed by atoms with Crippen molar-refractivity contribution in [3.05, 3.63) is 509 Å². The van der Waals surface area contributed by atoms with Crippen LogP contribution in [0.2, 0.25) is 0 Å². The molecule has 0 radical (unpaired) electrons. The van der Waals surface area contributed by atoms with Crippen molar-refractivity contribution in [2.45, 2.75) is 17.4 Å². The molecule has 3 aliphatic rings. The van der Waals surface area contributed by atoms with Crippen LogP contribution in [0.15, 0.2) is 442 Å². The van der Waals surface area contributed by atoms with E-state index in [2.05, 4.69) is 375 Å². The number of hydrogen-bond donors (Lipinski definition) is 2. The fraction of sp³-hybridized carbons (Fsp3) is 0.0268. The van der Waals surface area contributed by atoms with Gasteiger partial charge in [0.25, 0.3) is 0 Å². The molecule has 0 amide bonds. The zero-order valence-electron chi connectivity index (χ0n) is 64.4. The van der Waals surface area contributed by atoms with E-state index in [4.69, 9.17) is 30.2 Å². The summed E-state index contributed by atoms with van der Waals surface area (Å²) < 4.78 is 2.30. The first kappa shape index (κ1) is 73.6. The van der Waals surface area contributed by atoms with Gasteiger partial charge in [0.15, 0.2) is 0 Å². The summed E-state index contributed by atoms with van der Waals surface area (Å²) in [7, 11) is 0. The first-order chi connectivity index (χ1) is 57.8. The monoisotopic (exact) mass is 1550 g/mol. The number of nitrogens with zero attached hydrogens (tertiary/aromatic N) is 2. The summed E-state index contributed by atoms with van der Waals surface area (Å²) in [5.74, 6) is 0.915. The van der Waals surface area contributed by atoms with Gasteiger partial charge in [-0.2, -0.15) is 0 Å². The first-order valence-electron chi connectivity index (χ1n) is 39.8. The Bertz CT molecular complexity index is 6800. The van der Waals surface area contributed by atoms with Gasteiger partial charge in [-0.05, 0) is 215 Å². The minimum atomic E-state index is -0.668. The van der Waals surface area contributed by atoms with Crippen molar-refractivity contribution in [1.82, 2.24) is 9.55 Å². The number of thiol groups is 2. The van der Waals surface area contributed by atoms with Crippen LogP contribution in [-0.2, 0) is 17.4 Å². The number of rotatable bonds is 20. The minimum Gasteiger partial charge on any atom is -0.320 e. The Balaban J connectivity index is 0.812. The standard InChI is InChI=1S/C112H80N2S3/c1-3-5-6-7-27-71-114-105-51-25-24-50-104(105)113-110(114)83-63-53-78(54-64-83)84-65-68-92-94(73-84)108(81-59-55-79(56-60-81)106(116)52-30-39-87(115)38-29-37-77-34-12-9-13-35-77)93-69-66-85(74-95(93)109(92)82-61-57-80(58-62-82)107(31-4-2)117-72-28-26-36-76-32-10-8-11-33-76)86-67-70-102-103(75-86)112(98-46-20-16-42-90(98)91-43-17-21-47-99(91)112)101-49-23-22-48-100(101)111(102)96-44-18-14-40-88(96)89-41-15-19-45-97(89)111/h3-70,72-75,115-116H,1-2,71H2/b6-5-,27-7-,36-26+,37-29+,39-30+,72-28+,87-38-,106-52-,107-31-. The Morgan fingerprint density at radius 1 is 0.350 bits per heavy atom. The summed E-state index contributed by atoms with van der Waals surface area (Å²) in [5.41, 5.74) is 30.6. The summed E-state index contributed by atoms with van der Waals surface area (Å²) in [4.78, 5) is 8.00. The van der Waals surface area contributed by atoms with Gasteiger partial charge >= 0.3 is 0 Å². The molecule has 0 fully saturated rings. The molecule has 556 valence electrons. The molecule has 16 aromatic rings. The van der Waals surface area contributed by atoms with Crippen LogP contribution >= 0.6 is 37.0 Å². The molecule has 0 aliphatic heterocycles. The molecule has 3 aliphatic carbocycles. The topological polar surface area (TPSA) is 17.8 Å². The van der Waals surface area contributed by atoms with Crippen LogP contribution in [-0.4, -0.2) is 9.55 Å². The van der Waals surface area contributed by atoms with E-state index >= 15 is 0 Å². The van der Waals surface area contributed by atoms with Crippen LogP contribution in [0.25, 0.3) is 133 Å². The van der Waals surface area contributed by atoms with E-state index < -0.39 is 10.8 Å². The van der Waals surface area contributed by atoms with Crippen molar-refractivity contribution in [3.8, 4) is 78.1 Å². The number of aromatic nitrogens is 2. The Morgan fingerprint density at radius 2 is 0.812 bits per heavy atom. The van der Waals surface area contributed by atoms with Crippen LogP contribution < -0.4 is 0 Å². The lowest BCUT2D eigenvalue weighted by Crippen LogP contribution is -2.43. The number of allylic oxidation sites excluding steroid dienone is 14. The average Bonchev–Trinajstić information content (AvgIpc) is 1.51. The van der Waals surface area contributed by atoms with Gasteiger partial charge < -0.3 is 4.57 Å². The summed E-state index contributed by atoms with van der Waals surface area (Å²) >= 11 is 11.6. The summed E-state index contributed by atoms with van der Waals surface area (Å²) in [5, 5.41) is 6.69. The maximum atomic E-state index is 5.24. The molecule has 2 spiro atoms. The lowest BCUT2D eigenvalue weighted by atomic mass is 9.52. The second kappa shape index (κ2) is 32.0. The molecule has 0 unspecified atom stereocenters. The highest BCUT2D eigenvalue weighted by atomic mass is 32.2. The van der Waals surface area contributed by atoms with E-state index in [0.717, 1.165) is 125 Å². The average molecular weight is 1550 g/mol. The van der Waals surface area contributed by atoms with Crippen molar-refractivity contribution >= 4 is 91.6 Å². The number of fused-ring (bicyclic) bond motifs is 19. The van der Waals surface area contributed by atoms with Crippen LogP contribution in [0.3, 0.4) is 0 Å². The zero-order chi connectivity index (χ0) is 78.8. The van der Waals surface area contributed by atoms with E-state index in [0.29, 0.717) is 6.54 Å². The number of benzene rings is 15. The van der Waals surface area contributed by atoms with Gasteiger partial charge in [-0.15, -0.1) is 25.3 Å². The lowest BCUT2D eigenvalue weighted by molar-refractivity contribution is 0.633. The second-order valence-electron chi connectivity index (χ2n) is 29.8. The van der Waals surface area contributed by atoms with Crippen LogP contribution in [0.1, 0.15) is 66.8 Å². The Morgan fingerprint density at radius 3 is 1.38 bits per heavy atom. The third kappa shape index (κ3) is 13.2.